The molecule has 0 saturated carbocycles. The minimum atomic E-state index is 0.763. The Morgan fingerprint density at radius 1 is 1.40 bits per heavy atom. The second-order valence-corrected chi connectivity index (χ2v) is 5.18. The first-order valence-corrected chi connectivity index (χ1v) is 5.80. The second kappa shape index (κ2) is 4.35. The van der Waals surface area contributed by atoms with E-state index < -0.39 is 0 Å². The summed E-state index contributed by atoms with van der Waals surface area (Å²) in [5.74, 6) is 2.70. The van der Waals surface area contributed by atoms with Crippen LogP contribution in [0.4, 0.5) is 0 Å². The van der Waals surface area contributed by atoms with E-state index in [1.165, 1.54) is 23.5 Å². The van der Waals surface area contributed by atoms with Crippen molar-refractivity contribution in [3.63, 3.8) is 0 Å². The topological polar surface area (TPSA) is 0 Å². The first-order valence-electron chi connectivity index (χ1n) is 3.70. The Bertz CT molecular complexity index is 123. The third-order valence-corrected chi connectivity index (χ3v) is 4.87. The maximum Gasteiger partial charge on any atom is 0.0708 e. The number of rotatable bonds is 1. The van der Waals surface area contributed by atoms with Gasteiger partial charge in [0.2, 0.25) is 0 Å². The third kappa shape index (κ3) is 2.24. The average Bonchev–Trinajstić information content (AvgIpc) is 2.05. The van der Waals surface area contributed by atoms with E-state index in [4.69, 9.17) is 0 Å². The number of hydrogen-bond acceptors (Lipinski definition) is 2. The largest absolute Gasteiger partial charge is 0.143 e. The molecule has 0 aliphatic carbocycles. The molecule has 1 fully saturated rings. The molecule has 0 amide bonds. The van der Waals surface area contributed by atoms with E-state index in [1.54, 1.807) is 0 Å². The SMILES string of the molecule is CC=C(C)C1SCCCS1. The Hall–Kier alpha value is 0.440. The monoisotopic (exact) mass is 174 g/mol. The molecule has 1 rings (SSSR count). The minimum Gasteiger partial charge on any atom is -0.143 e. The Morgan fingerprint density at radius 3 is 2.50 bits per heavy atom. The quantitative estimate of drug-likeness (QED) is 0.560. The van der Waals surface area contributed by atoms with E-state index in [1.807, 2.05) is 0 Å². The van der Waals surface area contributed by atoms with Crippen LogP contribution in [0.2, 0.25) is 0 Å². The molecule has 10 heavy (non-hydrogen) atoms. The van der Waals surface area contributed by atoms with Crippen molar-refractivity contribution in [1.82, 2.24) is 0 Å². The van der Waals surface area contributed by atoms with Gasteiger partial charge in [0.25, 0.3) is 0 Å². The van der Waals surface area contributed by atoms with Crippen LogP contribution >= 0.6 is 23.5 Å². The highest BCUT2D eigenvalue weighted by molar-refractivity contribution is 8.17. The van der Waals surface area contributed by atoms with Gasteiger partial charge in [0.05, 0.1) is 4.58 Å². The molecule has 1 aliphatic heterocycles. The molecule has 0 aromatic carbocycles. The summed E-state index contributed by atoms with van der Waals surface area (Å²) in [7, 11) is 0. The van der Waals surface area contributed by atoms with Gasteiger partial charge in [0.15, 0.2) is 0 Å². The molecule has 0 aromatic heterocycles. The van der Waals surface area contributed by atoms with Crippen LogP contribution in [0.25, 0.3) is 0 Å². The van der Waals surface area contributed by atoms with Gasteiger partial charge in [-0.2, -0.15) is 0 Å². The molecule has 0 bridgehead atoms. The summed E-state index contributed by atoms with van der Waals surface area (Å²) in [6.07, 6.45) is 3.62. The first kappa shape index (κ1) is 8.54. The molecule has 0 aromatic rings. The van der Waals surface area contributed by atoms with Gasteiger partial charge >= 0.3 is 0 Å². The summed E-state index contributed by atoms with van der Waals surface area (Å²) >= 11 is 4.18. The van der Waals surface area contributed by atoms with Gasteiger partial charge in [0, 0.05) is 0 Å². The van der Waals surface area contributed by atoms with Crippen LogP contribution in [0.3, 0.4) is 0 Å². The Morgan fingerprint density at radius 2 is 2.00 bits per heavy atom. The summed E-state index contributed by atoms with van der Waals surface area (Å²) in [6, 6.07) is 0. The molecule has 0 N–H and O–H groups in total. The van der Waals surface area contributed by atoms with Gasteiger partial charge in [-0.15, -0.1) is 23.5 Å². The maximum absolute atomic E-state index is 2.23. The average molecular weight is 174 g/mol. The van der Waals surface area contributed by atoms with Crippen LogP contribution < -0.4 is 0 Å². The number of hydrogen-bond donors (Lipinski definition) is 0. The lowest BCUT2D eigenvalue weighted by Crippen LogP contribution is -2.07. The van der Waals surface area contributed by atoms with Gasteiger partial charge in [0.1, 0.15) is 0 Å². The minimum absolute atomic E-state index is 0.763. The van der Waals surface area contributed by atoms with Crippen molar-refractivity contribution in [3.8, 4) is 0 Å². The molecule has 0 radical (unpaired) electrons. The standard InChI is InChI=1S/C8H14S2/c1-3-7(2)8-9-5-4-6-10-8/h3,8H,4-6H2,1-2H3. The Labute approximate surface area is 71.8 Å². The lowest BCUT2D eigenvalue weighted by Gasteiger charge is -2.21. The van der Waals surface area contributed by atoms with E-state index in [2.05, 4.69) is 43.4 Å². The fourth-order valence-electron chi connectivity index (χ4n) is 0.887. The molecule has 0 atom stereocenters. The molecule has 0 spiro atoms. The van der Waals surface area contributed by atoms with Crippen molar-refractivity contribution in [1.29, 1.82) is 0 Å². The molecular formula is C8H14S2. The molecule has 0 unspecified atom stereocenters. The van der Waals surface area contributed by atoms with E-state index in [-0.39, 0.29) is 0 Å². The molecule has 0 nitrogen and oxygen atoms in total. The zero-order valence-corrected chi connectivity index (χ0v) is 8.23. The van der Waals surface area contributed by atoms with E-state index in [0.29, 0.717) is 0 Å². The first-order chi connectivity index (χ1) is 4.84. The van der Waals surface area contributed by atoms with E-state index in [0.717, 1.165) is 4.58 Å². The zero-order valence-electron chi connectivity index (χ0n) is 6.59. The number of thioether (sulfide) groups is 2. The van der Waals surface area contributed by atoms with Crippen molar-refractivity contribution in [2.75, 3.05) is 11.5 Å². The van der Waals surface area contributed by atoms with Gasteiger partial charge in [-0.3, -0.25) is 0 Å². The highest BCUT2D eigenvalue weighted by atomic mass is 32.2. The molecule has 1 aliphatic rings. The fourth-order valence-corrected chi connectivity index (χ4v) is 3.88. The molecule has 58 valence electrons. The Balaban J connectivity index is 2.39. The van der Waals surface area contributed by atoms with Crippen molar-refractivity contribution in [3.05, 3.63) is 11.6 Å². The summed E-state index contributed by atoms with van der Waals surface area (Å²) in [4.78, 5) is 0. The van der Waals surface area contributed by atoms with Crippen molar-refractivity contribution in [2.45, 2.75) is 24.9 Å². The summed E-state index contributed by atoms with van der Waals surface area (Å²) in [6.45, 7) is 4.36. The van der Waals surface area contributed by atoms with Crippen LogP contribution in [-0.4, -0.2) is 16.1 Å². The number of allylic oxidation sites excluding steroid dienone is 1. The van der Waals surface area contributed by atoms with Gasteiger partial charge in [-0.05, 0) is 31.8 Å². The van der Waals surface area contributed by atoms with Crippen molar-refractivity contribution < 1.29 is 0 Å². The Kier molecular flexibility index (Phi) is 3.71. The highest BCUT2D eigenvalue weighted by Crippen LogP contribution is 2.35. The van der Waals surface area contributed by atoms with Crippen LogP contribution in [0.1, 0.15) is 20.3 Å². The molecule has 2 heteroatoms. The van der Waals surface area contributed by atoms with E-state index in [9.17, 15) is 0 Å². The van der Waals surface area contributed by atoms with Gasteiger partial charge < -0.3 is 0 Å². The van der Waals surface area contributed by atoms with Crippen LogP contribution in [-0.2, 0) is 0 Å². The van der Waals surface area contributed by atoms with Crippen molar-refractivity contribution in [2.24, 2.45) is 0 Å². The third-order valence-electron chi connectivity index (χ3n) is 1.65. The molecule has 1 heterocycles. The molecule has 1 saturated heterocycles. The predicted octanol–water partition coefficient (Wildman–Crippen LogP) is 3.15. The summed E-state index contributed by atoms with van der Waals surface area (Å²) < 4.78 is 0.763. The van der Waals surface area contributed by atoms with Gasteiger partial charge in [-0.1, -0.05) is 11.6 Å². The van der Waals surface area contributed by atoms with E-state index >= 15 is 0 Å². The smallest absolute Gasteiger partial charge is 0.0708 e. The lowest BCUT2D eigenvalue weighted by molar-refractivity contribution is 1.10. The highest BCUT2D eigenvalue weighted by Gasteiger charge is 2.14. The van der Waals surface area contributed by atoms with Crippen LogP contribution in [0.15, 0.2) is 11.6 Å². The lowest BCUT2D eigenvalue weighted by atomic mass is 10.3. The summed E-state index contributed by atoms with van der Waals surface area (Å²) in [5, 5.41) is 0. The fraction of sp³-hybridized carbons (Fsp3) is 0.750. The van der Waals surface area contributed by atoms with Crippen LogP contribution in [0.5, 0.6) is 0 Å². The predicted molar refractivity (Wildman–Crippen MR) is 52.8 cm³/mol. The van der Waals surface area contributed by atoms with Crippen LogP contribution in [0, 0.1) is 0 Å². The van der Waals surface area contributed by atoms with Crippen molar-refractivity contribution >= 4 is 23.5 Å². The summed E-state index contributed by atoms with van der Waals surface area (Å²) in [5.41, 5.74) is 1.54. The zero-order chi connectivity index (χ0) is 7.40. The van der Waals surface area contributed by atoms with Gasteiger partial charge in [-0.25, -0.2) is 0 Å². The second-order valence-electron chi connectivity index (χ2n) is 2.46. The maximum atomic E-state index is 2.23. The molecular weight excluding hydrogens is 160 g/mol. The normalized spacial score (nSPS) is 23.2.